The van der Waals surface area contributed by atoms with Crippen LogP contribution in [0.5, 0.6) is 0 Å². The molecule has 1 unspecified atom stereocenters. The van der Waals surface area contributed by atoms with Crippen LogP contribution in [0, 0.1) is 18.6 Å². The zero-order valence-corrected chi connectivity index (χ0v) is 13.0. The van der Waals surface area contributed by atoms with Gasteiger partial charge >= 0.3 is 0 Å². The van der Waals surface area contributed by atoms with E-state index in [2.05, 4.69) is 21.2 Å². The number of hydrogen-bond acceptors (Lipinski definition) is 1. The maximum Gasteiger partial charge on any atom is 0.137 e. The summed E-state index contributed by atoms with van der Waals surface area (Å²) in [6.45, 7) is 1.95. The highest BCUT2D eigenvalue weighted by Gasteiger charge is 2.14. The third-order valence-electron chi connectivity index (χ3n) is 3.43. The van der Waals surface area contributed by atoms with Gasteiger partial charge in [-0.1, -0.05) is 12.1 Å². The van der Waals surface area contributed by atoms with Gasteiger partial charge in [-0.15, -0.1) is 0 Å². The minimum atomic E-state index is -0.293. The largest absolute Gasteiger partial charge is 0.313 e. The third kappa shape index (κ3) is 3.44. The lowest BCUT2D eigenvalue weighted by Crippen LogP contribution is -2.19. The molecule has 0 aromatic heterocycles. The number of benzene rings is 2. The van der Waals surface area contributed by atoms with Gasteiger partial charge in [0.25, 0.3) is 0 Å². The first kappa shape index (κ1) is 15.1. The first-order chi connectivity index (χ1) is 9.51. The minimum absolute atomic E-state index is 0.0573. The summed E-state index contributed by atoms with van der Waals surface area (Å²) in [5.41, 5.74) is 2.80. The van der Waals surface area contributed by atoms with Crippen molar-refractivity contribution < 1.29 is 8.78 Å². The molecule has 0 aliphatic heterocycles. The molecule has 0 bridgehead atoms. The SMILES string of the molecule is CNC(Cc1cc(F)ccc1C)c1ccc(Br)c(F)c1. The molecule has 0 saturated carbocycles. The molecule has 0 aliphatic rings. The van der Waals surface area contributed by atoms with Crippen molar-refractivity contribution in [3.63, 3.8) is 0 Å². The highest BCUT2D eigenvalue weighted by Crippen LogP contribution is 2.24. The molecule has 1 N–H and O–H groups in total. The van der Waals surface area contributed by atoms with Crippen molar-refractivity contribution in [2.75, 3.05) is 7.05 Å². The van der Waals surface area contributed by atoms with Crippen molar-refractivity contribution in [3.05, 3.63) is 69.2 Å². The monoisotopic (exact) mass is 339 g/mol. The molecule has 0 aliphatic carbocycles. The third-order valence-corrected chi connectivity index (χ3v) is 4.07. The Morgan fingerprint density at radius 3 is 2.55 bits per heavy atom. The normalized spacial score (nSPS) is 12.4. The summed E-state index contributed by atoms with van der Waals surface area (Å²) >= 11 is 3.14. The summed E-state index contributed by atoms with van der Waals surface area (Å²) in [6.07, 6.45) is 0.612. The van der Waals surface area contributed by atoms with Gasteiger partial charge in [0, 0.05) is 6.04 Å². The van der Waals surface area contributed by atoms with Crippen LogP contribution >= 0.6 is 15.9 Å². The van der Waals surface area contributed by atoms with Gasteiger partial charge in [0.2, 0.25) is 0 Å². The van der Waals surface area contributed by atoms with Crippen LogP contribution in [0.3, 0.4) is 0 Å². The zero-order chi connectivity index (χ0) is 14.7. The molecule has 2 aromatic carbocycles. The van der Waals surface area contributed by atoms with Crippen LogP contribution in [-0.2, 0) is 6.42 Å². The lowest BCUT2D eigenvalue weighted by Gasteiger charge is -2.18. The van der Waals surface area contributed by atoms with E-state index in [0.29, 0.717) is 10.9 Å². The van der Waals surface area contributed by atoms with Crippen LogP contribution < -0.4 is 5.32 Å². The second-order valence-corrected chi connectivity index (χ2v) is 5.64. The molecular weight excluding hydrogens is 324 g/mol. The van der Waals surface area contributed by atoms with Gasteiger partial charge in [0.15, 0.2) is 0 Å². The highest BCUT2D eigenvalue weighted by molar-refractivity contribution is 9.10. The van der Waals surface area contributed by atoms with E-state index in [9.17, 15) is 8.78 Å². The summed E-state index contributed by atoms with van der Waals surface area (Å²) in [6, 6.07) is 9.75. The highest BCUT2D eigenvalue weighted by atomic mass is 79.9. The maximum absolute atomic E-state index is 13.6. The van der Waals surface area contributed by atoms with Crippen molar-refractivity contribution in [1.29, 1.82) is 0 Å². The predicted octanol–water partition coefficient (Wildman–Crippen LogP) is 4.54. The van der Waals surface area contributed by atoms with Gasteiger partial charge in [-0.3, -0.25) is 0 Å². The number of halogens is 3. The Balaban J connectivity index is 2.28. The van der Waals surface area contributed by atoms with Crippen molar-refractivity contribution >= 4 is 15.9 Å². The fraction of sp³-hybridized carbons (Fsp3) is 0.250. The zero-order valence-electron chi connectivity index (χ0n) is 11.4. The van der Waals surface area contributed by atoms with Crippen LogP contribution in [0.15, 0.2) is 40.9 Å². The number of likely N-dealkylation sites (N-methyl/N-ethyl adjacent to an activating group) is 1. The summed E-state index contributed by atoms with van der Waals surface area (Å²) in [5, 5.41) is 3.16. The van der Waals surface area contributed by atoms with Gasteiger partial charge in [-0.25, -0.2) is 8.78 Å². The van der Waals surface area contributed by atoms with Crippen LogP contribution in [0.25, 0.3) is 0 Å². The topological polar surface area (TPSA) is 12.0 Å². The van der Waals surface area contributed by atoms with E-state index in [0.717, 1.165) is 16.7 Å². The average molecular weight is 340 g/mol. The Morgan fingerprint density at radius 2 is 1.90 bits per heavy atom. The van der Waals surface area contributed by atoms with Crippen molar-refractivity contribution in [3.8, 4) is 0 Å². The quantitative estimate of drug-likeness (QED) is 0.862. The summed E-state index contributed by atoms with van der Waals surface area (Å²) in [7, 11) is 1.82. The van der Waals surface area contributed by atoms with Gasteiger partial charge < -0.3 is 5.32 Å². The molecule has 1 nitrogen and oxygen atoms in total. The number of aryl methyl sites for hydroxylation is 1. The molecule has 4 heteroatoms. The Hall–Kier alpha value is -1.26. The van der Waals surface area contributed by atoms with E-state index < -0.39 is 0 Å². The predicted molar refractivity (Wildman–Crippen MR) is 80.7 cm³/mol. The molecule has 20 heavy (non-hydrogen) atoms. The Kier molecular flexibility index (Phi) is 4.89. The number of rotatable bonds is 4. The molecule has 2 aromatic rings. The molecule has 0 fully saturated rings. The fourth-order valence-corrected chi connectivity index (χ4v) is 2.44. The van der Waals surface area contributed by atoms with E-state index in [1.807, 2.05) is 20.0 Å². The van der Waals surface area contributed by atoms with Crippen LogP contribution in [0.2, 0.25) is 0 Å². The molecule has 0 heterocycles. The van der Waals surface area contributed by atoms with E-state index in [1.165, 1.54) is 18.2 Å². The molecule has 106 valence electrons. The van der Waals surface area contributed by atoms with Gasteiger partial charge in [-0.05, 0) is 77.3 Å². The Labute approximate surface area is 126 Å². The Bertz CT molecular complexity index is 613. The summed E-state index contributed by atoms with van der Waals surface area (Å²) in [5.74, 6) is -0.541. The number of nitrogens with one attached hydrogen (secondary N) is 1. The van der Waals surface area contributed by atoms with Gasteiger partial charge in [0.1, 0.15) is 11.6 Å². The Morgan fingerprint density at radius 1 is 1.15 bits per heavy atom. The average Bonchev–Trinajstić information content (AvgIpc) is 2.43. The van der Waals surface area contributed by atoms with Crippen molar-refractivity contribution in [2.45, 2.75) is 19.4 Å². The summed E-state index contributed by atoms with van der Waals surface area (Å²) < 4.78 is 27.4. The van der Waals surface area contributed by atoms with Crippen molar-refractivity contribution in [1.82, 2.24) is 5.32 Å². The molecule has 1 atom stereocenters. The van der Waals surface area contributed by atoms with E-state index in [4.69, 9.17) is 0 Å². The molecule has 0 spiro atoms. The fourth-order valence-electron chi connectivity index (χ4n) is 2.20. The van der Waals surface area contributed by atoms with Gasteiger partial charge in [0.05, 0.1) is 4.47 Å². The standard InChI is InChI=1S/C16H16BrF2N/c1-10-3-5-13(18)7-12(10)9-16(20-2)11-4-6-14(17)15(19)8-11/h3-8,16,20H,9H2,1-2H3. The first-order valence-electron chi connectivity index (χ1n) is 6.38. The smallest absolute Gasteiger partial charge is 0.137 e. The van der Waals surface area contributed by atoms with Crippen LogP contribution in [-0.4, -0.2) is 7.05 Å². The van der Waals surface area contributed by atoms with Gasteiger partial charge in [-0.2, -0.15) is 0 Å². The lowest BCUT2D eigenvalue weighted by molar-refractivity contribution is 0.569. The van der Waals surface area contributed by atoms with E-state index in [1.54, 1.807) is 12.1 Å². The van der Waals surface area contributed by atoms with E-state index in [-0.39, 0.29) is 17.7 Å². The lowest BCUT2D eigenvalue weighted by atomic mass is 9.96. The molecule has 0 amide bonds. The first-order valence-corrected chi connectivity index (χ1v) is 7.18. The second-order valence-electron chi connectivity index (χ2n) is 4.79. The van der Waals surface area contributed by atoms with Crippen molar-refractivity contribution in [2.24, 2.45) is 0 Å². The van der Waals surface area contributed by atoms with E-state index >= 15 is 0 Å². The molecule has 0 radical (unpaired) electrons. The van der Waals surface area contributed by atoms with Crippen LogP contribution in [0.1, 0.15) is 22.7 Å². The maximum atomic E-state index is 13.6. The minimum Gasteiger partial charge on any atom is -0.313 e. The number of hydrogen-bond donors (Lipinski definition) is 1. The molecule has 2 rings (SSSR count). The summed E-state index contributed by atoms with van der Waals surface area (Å²) in [4.78, 5) is 0. The molecule has 0 saturated heterocycles. The molecular formula is C16H16BrF2N. The second kappa shape index (κ2) is 6.46. The van der Waals surface area contributed by atoms with Crippen LogP contribution in [0.4, 0.5) is 8.78 Å².